The zero-order chi connectivity index (χ0) is 14.8. The smallest absolute Gasteiger partial charge is 0.233 e. The minimum Gasteiger partial charge on any atom is -0.480 e. The van der Waals surface area contributed by atoms with Crippen LogP contribution in [0.15, 0.2) is 42.5 Å². The van der Waals surface area contributed by atoms with E-state index in [2.05, 4.69) is 15.2 Å². The largest absolute Gasteiger partial charge is 0.480 e. The molecule has 0 aliphatic carbocycles. The number of pyridine rings is 1. The highest BCUT2D eigenvalue weighted by atomic mass is 16.5. The Morgan fingerprint density at radius 2 is 1.90 bits per heavy atom. The summed E-state index contributed by atoms with van der Waals surface area (Å²) < 4.78 is 4.96. The predicted molar refractivity (Wildman–Crippen MR) is 79.1 cm³/mol. The SMILES string of the molecule is COc1ccc(C(O)c2ccc3nc(C)ccc3c2)nn1. The summed E-state index contributed by atoms with van der Waals surface area (Å²) in [5.41, 5.74) is 3.12. The van der Waals surface area contributed by atoms with Crippen molar-refractivity contribution in [2.45, 2.75) is 13.0 Å². The second kappa shape index (κ2) is 5.46. The van der Waals surface area contributed by atoms with Gasteiger partial charge < -0.3 is 9.84 Å². The van der Waals surface area contributed by atoms with Gasteiger partial charge in [0.2, 0.25) is 5.88 Å². The van der Waals surface area contributed by atoms with Crippen molar-refractivity contribution in [2.75, 3.05) is 7.11 Å². The Morgan fingerprint density at radius 1 is 1.05 bits per heavy atom. The highest BCUT2D eigenvalue weighted by Gasteiger charge is 2.13. The zero-order valence-electron chi connectivity index (χ0n) is 11.8. The number of hydrogen-bond donors (Lipinski definition) is 1. The molecule has 0 bridgehead atoms. The van der Waals surface area contributed by atoms with E-state index in [4.69, 9.17) is 4.74 Å². The van der Waals surface area contributed by atoms with E-state index in [0.29, 0.717) is 11.6 Å². The van der Waals surface area contributed by atoms with Crippen molar-refractivity contribution < 1.29 is 9.84 Å². The number of aliphatic hydroxyl groups excluding tert-OH is 1. The average molecular weight is 281 g/mol. The first-order chi connectivity index (χ1) is 10.2. The molecule has 3 aromatic rings. The van der Waals surface area contributed by atoms with Crippen molar-refractivity contribution >= 4 is 10.9 Å². The third-order valence-corrected chi connectivity index (χ3v) is 3.32. The molecule has 1 atom stereocenters. The van der Waals surface area contributed by atoms with Gasteiger partial charge in [0.05, 0.1) is 18.3 Å². The summed E-state index contributed by atoms with van der Waals surface area (Å²) in [7, 11) is 1.53. The minimum atomic E-state index is -0.825. The summed E-state index contributed by atoms with van der Waals surface area (Å²) in [6.07, 6.45) is -0.825. The number of nitrogens with zero attached hydrogens (tertiary/aromatic N) is 3. The summed E-state index contributed by atoms with van der Waals surface area (Å²) in [6, 6.07) is 13.0. The van der Waals surface area contributed by atoms with Gasteiger partial charge in [-0.05, 0) is 36.8 Å². The van der Waals surface area contributed by atoms with E-state index >= 15 is 0 Å². The molecule has 0 fully saturated rings. The molecule has 5 nitrogen and oxygen atoms in total. The van der Waals surface area contributed by atoms with E-state index in [-0.39, 0.29) is 0 Å². The van der Waals surface area contributed by atoms with E-state index in [1.54, 1.807) is 12.1 Å². The quantitative estimate of drug-likeness (QED) is 0.798. The summed E-state index contributed by atoms with van der Waals surface area (Å²) in [5.74, 6) is 0.420. The maximum Gasteiger partial charge on any atom is 0.233 e. The van der Waals surface area contributed by atoms with Crippen molar-refractivity contribution in [3.05, 3.63) is 59.4 Å². The predicted octanol–water partition coefficient (Wildman–Crippen LogP) is 2.42. The molecular weight excluding hydrogens is 266 g/mol. The number of aromatic nitrogens is 3. The summed E-state index contributed by atoms with van der Waals surface area (Å²) in [6.45, 7) is 1.95. The van der Waals surface area contributed by atoms with Gasteiger partial charge in [-0.15, -0.1) is 10.2 Å². The molecule has 0 aliphatic heterocycles. The Labute approximate surface area is 122 Å². The number of fused-ring (bicyclic) bond motifs is 1. The van der Waals surface area contributed by atoms with Crippen molar-refractivity contribution in [3.8, 4) is 5.88 Å². The maximum atomic E-state index is 10.4. The van der Waals surface area contributed by atoms with Crippen LogP contribution in [0.2, 0.25) is 0 Å². The lowest BCUT2D eigenvalue weighted by Crippen LogP contribution is -2.04. The second-order valence-corrected chi connectivity index (χ2v) is 4.81. The van der Waals surface area contributed by atoms with E-state index in [9.17, 15) is 5.11 Å². The summed E-state index contributed by atoms with van der Waals surface area (Å²) >= 11 is 0. The van der Waals surface area contributed by atoms with Crippen LogP contribution in [-0.2, 0) is 0 Å². The van der Waals surface area contributed by atoms with Crippen LogP contribution in [0.5, 0.6) is 5.88 Å². The summed E-state index contributed by atoms with van der Waals surface area (Å²) in [4.78, 5) is 4.45. The molecular formula is C16H15N3O2. The Kier molecular flexibility index (Phi) is 3.50. The number of ether oxygens (including phenoxy) is 1. The lowest BCUT2D eigenvalue weighted by atomic mass is 10.0. The van der Waals surface area contributed by atoms with E-state index in [0.717, 1.165) is 22.2 Å². The fraction of sp³-hybridized carbons (Fsp3) is 0.188. The third kappa shape index (κ3) is 2.68. The molecule has 0 amide bonds. The van der Waals surface area contributed by atoms with Crippen molar-refractivity contribution in [1.82, 2.24) is 15.2 Å². The van der Waals surface area contributed by atoms with E-state index < -0.39 is 6.10 Å². The molecule has 1 N–H and O–H groups in total. The second-order valence-electron chi connectivity index (χ2n) is 4.81. The number of aliphatic hydroxyl groups is 1. The number of methoxy groups -OCH3 is 1. The summed E-state index contributed by atoms with van der Waals surface area (Å²) in [5, 5.41) is 19.2. The molecule has 0 saturated heterocycles. The van der Waals surface area contributed by atoms with Crippen LogP contribution >= 0.6 is 0 Å². The molecule has 0 radical (unpaired) electrons. The molecule has 0 aliphatic rings. The van der Waals surface area contributed by atoms with Crippen molar-refractivity contribution in [1.29, 1.82) is 0 Å². The van der Waals surface area contributed by atoms with Gasteiger partial charge in [-0.1, -0.05) is 12.1 Å². The molecule has 2 aromatic heterocycles. The molecule has 21 heavy (non-hydrogen) atoms. The Bertz CT molecular complexity index is 772. The molecule has 0 saturated carbocycles. The van der Waals surface area contributed by atoms with Gasteiger partial charge >= 0.3 is 0 Å². The van der Waals surface area contributed by atoms with Crippen LogP contribution in [0.3, 0.4) is 0 Å². The molecule has 3 rings (SSSR count). The number of rotatable bonds is 3. The lowest BCUT2D eigenvalue weighted by molar-refractivity contribution is 0.213. The average Bonchev–Trinajstić information content (AvgIpc) is 2.53. The van der Waals surface area contributed by atoms with Gasteiger partial charge in [0.25, 0.3) is 0 Å². The third-order valence-electron chi connectivity index (χ3n) is 3.32. The number of benzene rings is 1. The first-order valence-electron chi connectivity index (χ1n) is 6.60. The number of hydrogen-bond acceptors (Lipinski definition) is 5. The van der Waals surface area contributed by atoms with Crippen LogP contribution in [0, 0.1) is 6.92 Å². The topological polar surface area (TPSA) is 68.1 Å². The normalized spacial score (nSPS) is 12.3. The highest BCUT2D eigenvalue weighted by Crippen LogP contribution is 2.24. The van der Waals surface area contributed by atoms with Crippen molar-refractivity contribution in [2.24, 2.45) is 0 Å². The lowest BCUT2D eigenvalue weighted by Gasteiger charge is -2.11. The van der Waals surface area contributed by atoms with Crippen LogP contribution in [-0.4, -0.2) is 27.4 Å². The fourth-order valence-electron chi connectivity index (χ4n) is 2.17. The van der Waals surface area contributed by atoms with Gasteiger partial charge in [0.1, 0.15) is 6.10 Å². The molecule has 0 spiro atoms. The van der Waals surface area contributed by atoms with Gasteiger partial charge in [-0.3, -0.25) is 4.98 Å². The highest BCUT2D eigenvalue weighted by molar-refractivity contribution is 5.79. The van der Waals surface area contributed by atoms with Crippen molar-refractivity contribution in [3.63, 3.8) is 0 Å². The molecule has 1 aromatic carbocycles. The molecule has 5 heteroatoms. The Hall–Kier alpha value is -2.53. The van der Waals surface area contributed by atoms with Gasteiger partial charge in [-0.2, -0.15) is 0 Å². The standard InChI is InChI=1S/C16H15N3O2/c1-10-3-4-11-9-12(5-6-13(11)17-10)16(20)14-7-8-15(21-2)19-18-14/h3-9,16,20H,1-2H3. The molecule has 106 valence electrons. The van der Waals surface area contributed by atoms with Gasteiger partial charge in [0.15, 0.2) is 0 Å². The van der Waals surface area contributed by atoms with Crippen LogP contribution in [0.1, 0.15) is 23.1 Å². The maximum absolute atomic E-state index is 10.4. The van der Waals surface area contributed by atoms with E-state index in [1.807, 2.05) is 37.3 Å². The fourth-order valence-corrected chi connectivity index (χ4v) is 2.17. The van der Waals surface area contributed by atoms with Gasteiger partial charge in [-0.25, -0.2) is 0 Å². The first kappa shape index (κ1) is 13.5. The first-order valence-corrected chi connectivity index (χ1v) is 6.60. The van der Waals surface area contributed by atoms with Crippen LogP contribution < -0.4 is 4.74 Å². The van der Waals surface area contributed by atoms with E-state index in [1.165, 1.54) is 7.11 Å². The minimum absolute atomic E-state index is 0.420. The number of aryl methyl sites for hydroxylation is 1. The zero-order valence-corrected chi connectivity index (χ0v) is 11.8. The monoisotopic (exact) mass is 281 g/mol. The van der Waals surface area contributed by atoms with Crippen LogP contribution in [0.4, 0.5) is 0 Å². The Balaban J connectivity index is 1.96. The van der Waals surface area contributed by atoms with Gasteiger partial charge in [0, 0.05) is 17.1 Å². The molecule has 1 unspecified atom stereocenters. The Morgan fingerprint density at radius 3 is 2.62 bits per heavy atom. The molecule has 2 heterocycles. The van der Waals surface area contributed by atoms with Crippen LogP contribution in [0.25, 0.3) is 10.9 Å².